The quantitative estimate of drug-likeness (QED) is 0.165. The second-order valence-corrected chi connectivity index (χ2v) is 12.8. The summed E-state index contributed by atoms with van der Waals surface area (Å²) in [6.45, 7) is 8.65. The SMILES string of the molecule is CC(/C=C/C1=C(Sc2n[nH]c(=S)s2)C(=C/C=C(\C)N(C)c2ccccc2C)/CCC1)=[N+](C)c1ccccc1C. The summed E-state index contributed by atoms with van der Waals surface area (Å²) in [5, 5.41) is 7.39. The molecule has 39 heavy (non-hydrogen) atoms. The van der Waals surface area contributed by atoms with Crippen LogP contribution in [0.3, 0.4) is 0 Å². The van der Waals surface area contributed by atoms with E-state index >= 15 is 0 Å². The van der Waals surface area contributed by atoms with Gasteiger partial charge in [-0.25, -0.2) is 0 Å². The van der Waals surface area contributed by atoms with E-state index in [-0.39, 0.29) is 0 Å². The van der Waals surface area contributed by atoms with Gasteiger partial charge in [0.15, 0.2) is 14.0 Å². The van der Waals surface area contributed by atoms with Crippen molar-refractivity contribution in [2.24, 2.45) is 0 Å². The first kappa shape index (κ1) is 29.0. The average molecular weight is 574 g/mol. The fourth-order valence-corrected chi connectivity index (χ4v) is 6.94. The first-order valence-corrected chi connectivity index (χ1v) is 15.2. The number of aromatic nitrogens is 2. The van der Waals surface area contributed by atoms with E-state index in [1.54, 1.807) is 11.8 Å². The van der Waals surface area contributed by atoms with Gasteiger partial charge in [0.2, 0.25) is 5.69 Å². The molecule has 0 fully saturated rings. The molecule has 2 aromatic carbocycles. The van der Waals surface area contributed by atoms with Crippen molar-refractivity contribution in [2.75, 3.05) is 19.0 Å². The molecule has 3 aromatic rings. The fourth-order valence-electron chi connectivity index (χ4n) is 4.62. The second-order valence-electron chi connectivity index (χ2n) is 9.85. The number of aryl methyl sites for hydroxylation is 2. The molecule has 0 saturated heterocycles. The van der Waals surface area contributed by atoms with Crippen LogP contribution >= 0.6 is 35.3 Å². The highest BCUT2D eigenvalue weighted by Crippen LogP contribution is 2.42. The Morgan fingerprint density at radius 1 is 1.08 bits per heavy atom. The monoisotopic (exact) mass is 573 g/mol. The molecule has 0 atom stereocenters. The lowest BCUT2D eigenvalue weighted by atomic mass is 9.94. The van der Waals surface area contributed by atoms with Crippen LogP contribution in [0.2, 0.25) is 0 Å². The average Bonchev–Trinajstić information content (AvgIpc) is 3.35. The van der Waals surface area contributed by atoms with Crippen LogP contribution in [0, 0.1) is 17.8 Å². The van der Waals surface area contributed by atoms with Crippen LogP contribution in [0.15, 0.2) is 98.9 Å². The Balaban J connectivity index is 1.70. The van der Waals surface area contributed by atoms with Crippen LogP contribution in [0.4, 0.5) is 11.4 Å². The Hall–Kier alpha value is -3.00. The molecule has 0 amide bonds. The summed E-state index contributed by atoms with van der Waals surface area (Å²) in [7, 11) is 4.26. The number of hydrogen-bond acceptors (Lipinski definition) is 5. The predicted molar refractivity (Wildman–Crippen MR) is 172 cm³/mol. The molecule has 4 nitrogen and oxygen atoms in total. The van der Waals surface area contributed by atoms with E-state index in [1.165, 1.54) is 61.3 Å². The van der Waals surface area contributed by atoms with Gasteiger partial charge in [0, 0.05) is 48.0 Å². The third-order valence-corrected chi connectivity index (χ3v) is 9.52. The highest BCUT2D eigenvalue weighted by Gasteiger charge is 2.19. The van der Waals surface area contributed by atoms with Crippen LogP contribution in [0.5, 0.6) is 0 Å². The summed E-state index contributed by atoms with van der Waals surface area (Å²) >= 11 is 8.57. The zero-order valence-electron chi connectivity index (χ0n) is 23.6. The summed E-state index contributed by atoms with van der Waals surface area (Å²) in [5.74, 6) is 0. The number of thioether (sulfide) groups is 1. The lowest BCUT2D eigenvalue weighted by Gasteiger charge is -2.23. The van der Waals surface area contributed by atoms with Gasteiger partial charge in [-0.15, -0.1) is 0 Å². The largest absolute Gasteiger partial charge is 0.348 e. The maximum Gasteiger partial charge on any atom is 0.208 e. The first-order chi connectivity index (χ1) is 18.7. The van der Waals surface area contributed by atoms with E-state index in [1.807, 2.05) is 0 Å². The van der Waals surface area contributed by atoms with Gasteiger partial charge in [-0.3, -0.25) is 5.10 Å². The molecule has 0 spiro atoms. The number of H-pyrrole nitrogens is 1. The van der Waals surface area contributed by atoms with Crippen LogP contribution in [0.25, 0.3) is 0 Å². The molecule has 7 heteroatoms. The summed E-state index contributed by atoms with van der Waals surface area (Å²) < 4.78 is 3.91. The Kier molecular flexibility index (Phi) is 9.94. The van der Waals surface area contributed by atoms with Crippen LogP contribution in [0.1, 0.15) is 44.2 Å². The zero-order chi connectivity index (χ0) is 27.9. The van der Waals surface area contributed by atoms with Gasteiger partial charge in [0.25, 0.3) is 0 Å². The number of aromatic amines is 1. The van der Waals surface area contributed by atoms with E-state index < -0.39 is 0 Å². The normalized spacial score (nSPS) is 16.3. The van der Waals surface area contributed by atoms with Crippen molar-refractivity contribution in [3.05, 3.63) is 110 Å². The molecule has 1 aromatic heterocycles. The first-order valence-electron chi connectivity index (χ1n) is 13.2. The molecule has 1 N–H and O–H groups in total. The number of rotatable bonds is 8. The summed E-state index contributed by atoms with van der Waals surface area (Å²) in [6.07, 6.45) is 12.3. The van der Waals surface area contributed by atoms with Crippen LogP contribution in [-0.4, -0.2) is 34.6 Å². The zero-order valence-corrected chi connectivity index (χ0v) is 26.1. The number of para-hydroxylation sites is 2. The molecule has 1 aliphatic rings. The topological polar surface area (TPSA) is 34.9 Å². The highest BCUT2D eigenvalue weighted by atomic mass is 32.2. The van der Waals surface area contributed by atoms with E-state index in [9.17, 15) is 0 Å². The summed E-state index contributed by atoms with van der Waals surface area (Å²) in [5.41, 5.74) is 10.1. The van der Waals surface area contributed by atoms with Crippen molar-refractivity contribution < 1.29 is 4.58 Å². The molecule has 0 bridgehead atoms. The molecule has 0 saturated carbocycles. The molecule has 0 radical (unpaired) electrons. The Morgan fingerprint density at radius 2 is 1.79 bits per heavy atom. The number of anilines is 1. The smallest absolute Gasteiger partial charge is 0.208 e. The molecule has 1 aliphatic carbocycles. The molecule has 4 rings (SSSR count). The molecular formula is C32H37N4S3+. The number of nitrogens with zero attached hydrogens (tertiary/aromatic N) is 3. The molecule has 1 heterocycles. The minimum atomic E-state index is 0.705. The van der Waals surface area contributed by atoms with Gasteiger partial charge in [-0.2, -0.15) is 9.67 Å². The molecule has 0 aliphatic heterocycles. The van der Waals surface area contributed by atoms with Crippen molar-refractivity contribution in [1.29, 1.82) is 0 Å². The number of nitrogens with one attached hydrogen (secondary N) is 1. The Labute approximate surface area is 246 Å². The number of hydrogen-bond donors (Lipinski definition) is 1. The standard InChI is InChI=1S/C32H36N4S3/c1-22-12-7-9-16-28(22)35(5)24(3)18-20-26-14-11-15-27(30(26)38-32-34-33-31(37)39-32)21-19-25(4)36(6)29-17-10-8-13-23(29)2/h7-10,12-13,16-21H,11,14-15H2,1-6H3/p+1. The van der Waals surface area contributed by atoms with Gasteiger partial charge in [0.1, 0.15) is 7.05 Å². The lowest BCUT2D eigenvalue weighted by Crippen LogP contribution is -2.15. The Bertz CT molecular complexity index is 1550. The van der Waals surface area contributed by atoms with Crippen molar-refractivity contribution >= 4 is 52.4 Å². The van der Waals surface area contributed by atoms with Crippen LogP contribution in [-0.2, 0) is 0 Å². The van der Waals surface area contributed by atoms with Gasteiger partial charge in [-0.05, 0) is 81.1 Å². The van der Waals surface area contributed by atoms with Crippen molar-refractivity contribution in [3.8, 4) is 0 Å². The van der Waals surface area contributed by atoms with Gasteiger partial charge < -0.3 is 4.90 Å². The third kappa shape index (κ3) is 7.35. The summed E-state index contributed by atoms with van der Waals surface area (Å²) in [6, 6.07) is 17.0. The van der Waals surface area contributed by atoms with E-state index in [0.717, 1.165) is 23.6 Å². The molecule has 202 valence electrons. The van der Waals surface area contributed by atoms with Gasteiger partial charge >= 0.3 is 0 Å². The highest BCUT2D eigenvalue weighted by molar-refractivity contribution is 8.05. The molecule has 0 unspecified atom stereocenters. The van der Waals surface area contributed by atoms with Gasteiger partial charge in [-0.1, -0.05) is 71.6 Å². The van der Waals surface area contributed by atoms with E-state index in [0.29, 0.717) is 3.95 Å². The third-order valence-electron chi connectivity index (χ3n) is 7.15. The number of allylic oxidation sites excluding steroid dienone is 7. The van der Waals surface area contributed by atoms with Crippen molar-refractivity contribution in [1.82, 2.24) is 10.2 Å². The van der Waals surface area contributed by atoms with Crippen molar-refractivity contribution in [3.63, 3.8) is 0 Å². The minimum absolute atomic E-state index is 0.705. The number of benzene rings is 2. The predicted octanol–water partition coefficient (Wildman–Crippen LogP) is 9.31. The minimum Gasteiger partial charge on any atom is -0.348 e. The van der Waals surface area contributed by atoms with E-state index in [4.69, 9.17) is 12.2 Å². The molecular weight excluding hydrogens is 537 g/mol. The maximum absolute atomic E-state index is 5.32. The summed E-state index contributed by atoms with van der Waals surface area (Å²) in [4.78, 5) is 3.54. The second kappa shape index (κ2) is 13.4. The van der Waals surface area contributed by atoms with Crippen molar-refractivity contribution in [2.45, 2.75) is 51.3 Å². The van der Waals surface area contributed by atoms with Crippen LogP contribution < -0.4 is 4.90 Å². The van der Waals surface area contributed by atoms with Gasteiger partial charge in [0.05, 0.1) is 0 Å². The maximum atomic E-state index is 5.32. The lowest BCUT2D eigenvalue weighted by molar-refractivity contribution is -0.405. The fraction of sp³-hybridized carbons (Fsp3) is 0.281. The Morgan fingerprint density at radius 3 is 2.49 bits per heavy atom. The van der Waals surface area contributed by atoms with E-state index in [2.05, 4.69) is 134 Å².